The predicted molar refractivity (Wildman–Crippen MR) is 124 cm³/mol. The van der Waals surface area contributed by atoms with Crippen LogP contribution in [0.5, 0.6) is 0 Å². The number of nitrogens with zero attached hydrogens (tertiary/aromatic N) is 4. The average molecular weight is 470 g/mol. The number of benzene rings is 1. The molecular weight excluding hydrogens is 446 g/mol. The van der Waals surface area contributed by atoms with E-state index >= 15 is 0 Å². The van der Waals surface area contributed by atoms with Gasteiger partial charge in [-0.1, -0.05) is 26.0 Å². The largest absolute Gasteiger partial charge is 0.318 e. The van der Waals surface area contributed by atoms with Gasteiger partial charge in [-0.25, -0.2) is 8.42 Å². The molecule has 1 N–H and O–H groups in total. The van der Waals surface area contributed by atoms with Crippen molar-refractivity contribution in [2.75, 3.05) is 11.1 Å². The first-order valence-electron chi connectivity index (χ1n) is 9.98. The minimum Gasteiger partial charge on any atom is -0.318 e. The van der Waals surface area contributed by atoms with Gasteiger partial charge in [-0.05, 0) is 55.7 Å². The van der Waals surface area contributed by atoms with E-state index in [9.17, 15) is 18.5 Å². The molecule has 2 heterocycles. The number of amides is 1. The predicted octanol–water partition coefficient (Wildman–Crippen LogP) is 3.85. The molecule has 0 aliphatic carbocycles. The topological polar surface area (TPSA) is 118 Å². The number of hydrogen-bond acceptors (Lipinski definition) is 7. The van der Waals surface area contributed by atoms with Crippen LogP contribution in [0.2, 0.25) is 0 Å². The Bertz CT molecular complexity index is 1330. The fourth-order valence-corrected chi connectivity index (χ4v) is 4.78. The Morgan fingerprint density at radius 1 is 1.25 bits per heavy atom. The van der Waals surface area contributed by atoms with Gasteiger partial charge in [-0.3, -0.25) is 10.1 Å². The molecule has 2 aromatic heterocycles. The molecule has 32 heavy (non-hydrogen) atoms. The molecule has 0 saturated heterocycles. The van der Waals surface area contributed by atoms with Crippen molar-refractivity contribution in [1.82, 2.24) is 13.9 Å². The number of nitriles is 1. The molecule has 8 nitrogen and oxygen atoms in total. The van der Waals surface area contributed by atoms with Crippen LogP contribution in [-0.4, -0.2) is 34.0 Å². The Balaban J connectivity index is 1.88. The average Bonchev–Trinajstić information content (AvgIpc) is 3.36. The van der Waals surface area contributed by atoms with Crippen LogP contribution in [0.1, 0.15) is 36.4 Å². The van der Waals surface area contributed by atoms with Crippen molar-refractivity contribution in [2.24, 2.45) is 0 Å². The molecule has 0 unspecified atom stereocenters. The van der Waals surface area contributed by atoms with E-state index in [0.717, 1.165) is 40.6 Å². The molecule has 0 aliphatic heterocycles. The molecule has 1 amide bonds. The fraction of sp³-hybridized carbons (Fsp3) is 0.273. The maximum absolute atomic E-state index is 12.6. The van der Waals surface area contributed by atoms with Crippen LogP contribution in [0, 0.1) is 25.2 Å². The maximum atomic E-state index is 12.6. The minimum absolute atomic E-state index is 0.0182. The third kappa shape index (κ3) is 4.79. The van der Waals surface area contributed by atoms with Crippen LogP contribution in [0.4, 0.5) is 5.13 Å². The van der Waals surface area contributed by atoms with E-state index in [0.29, 0.717) is 0 Å². The molecule has 3 rings (SSSR count). The normalized spacial score (nSPS) is 11.9. The highest BCUT2D eigenvalue weighted by Crippen LogP contribution is 2.24. The summed E-state index contributed by atoms with van der Waals surface area (Å²) in [6, 6.07) is 12.1. The highest BCUT2D eigenvalue weighted by molar-refractivity contribution is 7.91. The minimum atomic E-state index is -3.57. The van der Waals surface area contributed by atoms with E-state index in [1.54, 1.807) is 0 Å². The van der Waals surface area contributed by atoms with Crippen LogP contribution in [0.15, 0.2) is 41.1 Å². The molecule has 1 aromatic carbocycles. The lowest BCUT2D eigenvalue weighted by Crippen LogP contribution is -2.14. The second kappa shape index (κ2) is 9.46. The molecule has 0 saturated carbocycles. The summed E-state index contributed by atoms with van der Waals surface area (Å²) in [5, 5.41) is 11.7. The lowest BCUT2D eigenvalue weighted by Gasteiger charge is -2.10. The molecule has 0 radical (unpaired) electrons. The van der Waals surface area contributed by atoms with Gasteiger partial charge in [0.1, 0.15) is 11.6 Å². The first-order valence-corrected chi connectivity index (χ1v) is 12.4. The number of aryl methyl sites for hydroxylation is 2. The van der Waals surface area contributed by atoms with Gasteiger partial charge >= 0.3 is 0 Å². The van der Waals surface area contributed by atoms with Gasteiger partial charge in [0.15, 0.2) is 0 Å². The molecule has 0 fully saturated rings. The van der Waals surface area contributed by atoms with Crippen molar-refractivity contribution >= 4 is 38.5 Å². The second-order valence-corrected chi connectivity index (χ2v) is 10.0. The quantitative estimate of drug-likeness (QED) is 0.415. The van der Waals surface area contributed by atoms with E-state index in [1.807, 2.05) is 38.1 Å². The molecule has 0 atom stereocenters. The monoisotopic (exact) mass is 469 g/mol. The van der Waals surface area contributed by atoms with Crippen molar-refractivity contribution in [1.29, 1.82) is 5.26 Å². The molecule has 10 heteroatoms. The van der Waals surface area contributed by atoms with Crippen LogP contribution >= 0.6 is 11.5 Å². The van der Waals surface area contributed by atoms with Gasteiger partial charge in [0.25, 0.3) is 11.1 Å². The van der Waals surface area contributed by atoms with Gasteiger partial charge < -0.3 is 4.57 Å². The third-order valence-electron chi connectivity index (χ3n) is 5.02. The third-order valence-corrected chi connectivity index (χ3v) is 7.27. The lowest BCUT2D eigenvalue weighted by molar-refractivity contribution is -0.112. The molecule has 0 spiro atoms. The summed E-state index contributed by atoms with van der Waals surface area (Å²) in [5.74, 6) is -0.821. The van der Waals surface area contributed by atoms with Crippen LogP contribution in [0.3, 0.4) is 0 Å². The Kier molecular flexibility index (Phi) is 6.91. The number of hydrogen-bond donors (Lipinski definition) is 1. The number of carbonyl (C=O) groups is 1. The zero-order valence-electron chi connectivity index (χ0n) is 18.2. The van der Waals surface area contributed by atoms with Gasteiger partial charge in [0.2, 0.25) is 15.0 Å². The number of anilines is 1. The number of aromatic nitrogens is 3. The van der Waals surface area contributed by atoms with Crippen molar-refractivity contribution in [3.63, 3.8) is 0 Å². The Morgan fingerprint density at radius 2 is 1.94 bits per heavy atom. The van der Waals surface area contributed by atoms with E-state index < -0.39 is 15.7 Å². The smallest absolute Gasteiger partial charge is 0.268 e. The van der Waals surface area contributed by atoms with E-state index in [2.05, 4.69) is 38.3 Å². The zero-order valence-corrected chi connectivity index (χ0v) is 19.8. The molecule has 166 valence electrons. The number of carbonyl (C=O) groups excluding carboxylic acids is 1. The molecule has 0 bridgehead atoms. The number of rotatable bonds is 7. The summed E-state index contributed by atoms with van der Waals surface area (Å²) in [4.78, 5) is 16.5. The summed E-state index contributed by atoms with van der Waals surface area (Å²) in [5.41, 5.74) is 4.71. The second-order valence-electron chi connectivity index (χ2n) is 7.09. The first-order chi connectivity index (χ1) is 15.2. The van der Waals surface area contributed by atoms with Crippen LogP contribution in [0.25, 0.3) is 11.8 Å². The van der Waals surface area contributed by atoms with Gasteiger partial charge in [0, 0.05) is 28.6 Å². The van der Waals surface area contributed by atoms with Crippen LogP contribution in [-0.2, 0) is 21.1 Å². The SMILES string of the molecule is CCc1ccc(-n2c(C)cc(/C=C(/C#N)C(=O)Nc3nc(S(=O)(=O)CC)ns3)c2C)cc1. The van der Waals surface area contributed by atoms with Crippen molar-refractivity contribution in [3.05, 3.63) is 58.4 Å². The lowest BCUT2D eigenvalue weighted by atomic mass is 10.1. The summed E-state index contributed by atoms with van der Waals surface area (Å²) in [6.45, 7) is 7.47. The molecule has 0 aliphatic rings. The summed E-state index contributed by atoms with van der Waals surface area (Å²) in [7, 11) is -3.57. The van der Waals surface area contributed by atoms with E-state index in [4.69, 9.17) is 0 Å². The van der Waals surface area contributed by atoms with E-state index in [1.165, 1.54) is 18.6 Å². The van der Waals surface area contributed by atoms with Gasteiger partial charge in [-0.15, -0.1) is 0 Å². The van der Waals surface area contributed by atoms with Crippen LogP contribution < -0.4 is 5.32 Å². The number of sulfone groups is 1. The standard InChI is InChI=1S/C22H23N5O3S2/c1-5-16-7-9-19(10-8-16)27-14(3)11-17(15(27)4)12-18(13-23)20(28)24-21-25-22(26-31-21)32(29,30)6-2/h7-12H,5-6H2,1-4H3,(H,24,25,26,28)/b18-12-. The molecule has 3 aromatic rings. The Morgan fingerprint density at radius 3 is 2.53 bits per heavy atom. The first kappa shape index (κ1) is 23.4. The zero-order chi connectivity index (χ0) is 23.5. The fourth-order valence-electron chi connectivity index (χ4n) is 3.20. The van der Waals surface area contributed by atoms with Crippen molar-refractivity contribution in [3.8, 4) is 11.8 Å². The highest BCUT2D eigenvalue weighted by Gasteiger charge is 2.20. The van der Waals surface area contributed by atoms with E-state index in [-0.39, 0.29) is 21.6 Å². The summed E-state index contributed by atoms with van der Waals surface area (Å²) in [6.07, 6.45) is 2.47. The van der Waals surface area contributed by atoms with Crippen molar-refractivity contribution in [2.45, 2.75) is 39.3 Å². The highest BCUT2D eigenvalue weighted by atomic mass is 32.2. The maximum Gasteiger partial charge on any atom is 0.268 e. The molecular formula is C22H23N5O3S2. The Hall–Kier alpha value is -3.29. The van der Waals surface area contributed by atoms with Gasteiger partial charge in [-0.2, -0.15) is 14.6 Å². The summed E-state index contributed by atoms with van der Waals surface area (Å²) >= 11 is 0.751. The number of nitrogens with one attached hydrogen (secondary N) is 1. The van der Waals surface area contributed by atoms with Gasteiger partial charge in [0.05, 0.1) is 5.75 Å². The Labute approximate surface area is 191 Å². The van der Waals surface area contributed by atoms with Crippen molar-refractivity contribution < 1.29 is 13.2 Å². The summed E-state index contributed by atoms with van der Waals surface area (Å²) < 4.78 is 29.6.